The zero-order chi connectivity index (χ0) is 12.5. The summed E-state index contributed by atoms with van der Waals surface area (Å²) in [5, 5.41) is 4.68. The Kier molecular flexibility index (Phi) is 3.29. The summed E-state index contributed by atoms with van der Waals surface area (Å²) in [6, 6.07) is 6.14. The largest absolute Gasteiger partial charge is 0.341 e. The van der Waals surface area contributed by atoms with E-state index in [0.717, 1.165) is 23.6 Å². The minimum absolute atomic E-state index is 0.632. The van der Waals surface area contributed by atoms with Crippen molar-refractivity contribution in [3.8, 4) is 11.3 Å². The Balaban J connectivity index is 1.78. The lowest BCUT2D eigenvalue weighted by atomic mass is 10.2. The van der Waals surface area contributed by atoms with Crippen LogP contribution in [0.2, 0.25) is 10.0 Å². The summed E-state index contributed by atoms with van der Waals surface area (Å²) < 4.78 is 0. The van der Waals surface area contributed by atoms with Crippen LogP contribution in [0.1, 0.15) is 18.7 Å². The highest BCUT2D eigenvalue weighted by Crippen LogP contribution is 2.29. The number of aromatic amines is 1. The molecule has 5 heteroatoms. The average Bonchev–Trinajstić information content (AvgIpc) is 3.05. The lowest BCUT2D eigenvalue weighted by Crippen LogP contribution is -2.16. The Morgan fingerprint density at radius 1 is 1.33 bits per heavy atom. The fourth-order valence-electron chi connectivity index (χ4n) is 1.83. The van der Waals surface area contributed by atoms with Gasteiger partial charge in [-0.15, -0.1) is 0 Å². The monoisotopic (exact) mass is 281 g/mol. The maximum atomic E-state index is 6.16. The number of hydrogen-bond acceptors (Lipinski definition) is 2. The van der Waals surface area contributed by atoms with Crippen LogP contribution in [0.5, 0.6) is 0 Å². The fraction of sp³-hybridized carbons (Fsp3) is 0.308. The van der Waals surface area contributed by atoms with E-state index in [0.29, 0.717) is 16.1 Å². The van der Waals surface area contributed by atoms with Crippen molar-refractivity contribution >= 4 is 23.2 Å². The highest BCUT2D eigenvalue weighted by Gasteiger charge is 2.20. The molecule has 0 aliphatic heterocycles. The van der Waals surface area contributed by atoms with Gasteiger partial charge in [0.1, 0.15) is 5.82 Å². The first-order chi connectivity index (χ1) is 8.72. The Bertz CT molecular complexity index is 561. The number of nitrogens with zero attached hydrogens (tertiary/aromatic N) is 1. The number of aromatic nitrogens is 2. The van der Waals surface area contributed by atoms with E-state index in [-0.39, 0.29) is 0 Å². The Hall–Kier alpha value is -1.03. The smallest absolute Gasteiger partial charge is 0.120 e. The van der Waals surface area contributed by atoms with Gasteiger partial charge in [0.05, 0.1) is 23.5 Å². The third kappa shape index (κ3) is 2.69. The van der Waals surface area contributed by atoms with Crippen LogP contribution in [0.3, 0.4) is 0 Å². The van der Waals surface area contributed by atoms with E-state index in [2.05, 4.69) is 15.3 Å². The van der Waals surface area contributed by atoms with Crippen LogP contribution in [0.4, 0.5) is 0 Å². The number of hydrogen-bond donors (Lipinski definition) is 2. The number of rotatable bonds is 4. The molecule has 1 aromatic heterocycles. The predicted molar refractivity (Wildman–Crippen MR) is 73.9 cm³/mol. The number of benzene rings is 1. The van der Waals surface area contributed by atoms with Gasteiger partial charge < -0.3 is 10.3 Å². The molecule has 0 bridgehead atoms. The van der Waals surface area contributed by atoms with Gasteiger partial charge in [0.25, 0.3) is 0 Å². The van der Waals surface area contributed by atoms with Gasteiger partial charge in [-0.2, -0.15) is 0 Å². The number of imidazole rings is 1. The van der Waals surface area contributed by atoms with Gasteiger partial charge in [-0.1, -0.05) is 23.2 Å². The predicted octanol–water partition coefficient (Wildman–Crippen LogP) is 3.64. The quantitative estimate of drug-likeness (QED) is 0.899. The van der Waals surface area contributed by atoms with E-state index in [9.17, 15) is 0 Å². The molecule has 2 aromatic rings. The zero-order valence-corrected chi connectivity index (χ0v) is 11.2. The minimum Gasteiger partial charge on any atom is -0.341 e. The van der Waals surface area contributed by atoms with E-state index in [1.54, 1.807) is 12.3 Å². The van der Waals surface area contributed by atoms with Crippen molar-refractivity contribution in [1.82, 2.24) is 15.3 Å². The molecule has 1 aliphatic carbocycles. The van der Waals surface area contributed by atoms with Crippen LogP contribution in [0, 0.1) is 0 Å². The van der Waals surface area contributed by atoms with E-state index in [1.807, 2.05) is 12.1 Å². The van der Waals surface area contributed by atoms with Crippen molar-refractivity contribution in [2.24, 2.45) is 0 Å². The van der Waals surface area contributed by atoms with E-state index < -0.39 is 0 Å². The molecule has 1 fully saturated rings. The van der Waals surface area contributed by atoms with Gasteiger partial charge in [-0.3, -0.25) is 0 Å². The summed E-state index contributed by atoms with van der Waals surface area (Å²) in [5.41, 5.74) is 1.84. The molecule has 1 saturated carbocycles. The minimum atomic E-state index is 0.632. The molecule has 2 N–H and O–H groups in total. The average molecular weight is 282 g/mol. The standard InChI is InChI=1S/C13H13Cl2N3/c14-8-1-4-10(11(15)5-8)12-6-17-13(18-12)7-16-9-2-3-9/h1,4-6,9,16H,2-3,7H2,(H,17,18). The second-order valence-corrected chi connectivity index (χ2v) is 5.37. The van der Waals surface area contributed by atoms with Crippen LogP contribution in [0.15, 0.2) is 24.4 Å². The van der Waals surface area contributed by atoms with Crippen molar-refractivity contribution in [2.75, 3.05) is 0 Å². The molecular formula is C13H13Cl2N3. The molecule has 0 atom stereocenters. The molecule has 0 amide bonds. The van der Waals surface area contributed by atoms with Crippen molar-refractivity contribution in [3.63, 3.8) is 0 Å². The third-order valence-corrected chi connectivity index (χ3v) is 3.53. The van der Waals surface area contributed by atoms with Crippen molar-refractivity contribution in [2.45, 2.75) is 25.4 Å². The Morgan fingerprint density at radius 3 is 2.89 bits per heavy atom. The number of H-pyrrole nitrogens is 1. The number of halogens is 2. The lowest BCUT2D eigenvalue weighted by Gasteiger charge is -2.02. The first kappa shape index (κ1) is 12.0. The van der Waals surface area contributed by atoms with Crippen molar-refractivity contribution in [1.29, 1.82) is 0 Å². The molecule has 18 heavy (non-hydrogen) atoms. The zero-order valence-electron chi connectivity index (χ0n) is 9.71. The molecular weight excluding hydrogens is 269 g/mol. The summed E-state index contributed by atoms with van der Waals surface area (Å²) >= 11 is 12.0. The summed E-state index contributed by atoms with van der Waals surface area (Å²) in [6.07, 6.45) is 4.35. The molecule has 1 aromatic carbocycles. The maximum Gasteiger partial charge on any atom is 0.120 e. The topological polar surface area (TPSA) is 40.7 Å². The summed E-state index contributed by atoms with van der Waals surface area (Å²) in [7, 11) is 0. The molecule has 1 aliphatic rings. The first-order valence-corrected chi connectivity index (χ1v) is 6.70. The molecule has 0 radical (unpaired) electrons. The third-order valence-electron chi connectivity index (χ3n) is 2.99. The second-order valence-electron chi connectivity index (χ2n) is 4.52. The highest BCUT2D eigenvalue weighted by atomic mass is 35.5. The van der Waals surface area contributed by atoms with E-state index in [1.165, 1.54) is 12.8 Å². The van der Waals surface area contributed by atoms with Crippen LogP contribution in [0.25, 0.3) is 11.3 Å². The summed E-state index contributed by atoms with van der Waals surface area (Å²) in [5.74, 6) is 0.933. The Labute approximate surface area is 116 Å². The van der Waals surface area contributed by atoms with Gasteiger partial charge >= 0.3 is 0 Å². The normalized spacial score (nSPS) is 15.0. The maximum absolute atomic E-state index is 6.16. The first-order valence-electron chi connectivity index (χ1n) is 5.95. The van der Waals surface area contributed by atoms with Gasteiger partial charge in [-0.25, -0.2) is 4.98 Å². The molecule has 1 heterocycles. The molecule has 0 unspecified atom stereocenters. The molecule has 3 rings (SSSR count). The molecule has 94 valence electrons. The molecule has 0 spiro atoms. The van der Waals surface area contributed by atoms with Gasteiger partial charge in [0.2, 0.25) is 0 Å². The van der Waals surface area contributed by atoms with E-state index >= 15 is 0 Å². The van der Waals surface area contributed by atoms with E-state index in [4.69, 9.17) is 23.2 Å². The summed E-state index contributed by atoms with van der Waals surface area (Å²) in [6.45, 7) is 0.774. The van der Waals surface area contributed by atoms with Crippen LogP contribution < -0.4 is 5.32 Å². The molecule has 3 nitrogen and oxygen atoms in total. The van der Waals surface area contributed by atoms with Crippen LogP contribution >= 0.6 is 23.2 Å². The lowest BCUT2D eigenvalue weighted by molar-refractivity contribution is 0.664. The fourth-order valence-corrected chi connectivity index (χ4v) is 2.34. The molecule has 0 saturated heterocycles. The van der Waals surface area contributed by atoms with Crippen LogP contribution in [-0.4, -0.2) is 16.0 Å². The summed E-state index contributed by atoms with van der Waals surface area (Å²) in [4.78, 5) is 7.62. The van der Waals surface area contributed by atoms with Crippen molar-refractivity contribution < 1.29 is 0 Å². The highest BCUT2D eigenvalue weighted by molar-refractivity contribution is 6.36. The van der Waals surface area contributed by atoms with Crippen molar-refractivity contribution in [3.05, 3.63) is 40.3 Å². The SMILES string of the molecule is Clc1ccc(-c2cnc(CNC3CC3)[nH]2)c(Cl)c1. The van der Waals surface area contributed by atoms with Gasteiger partial charge in [-0.05, 0) is 31.0 Å². The van der Waals surface area contributed by atoms with Gasteiger partial charge in [0, 0.05) is 16.6 Å². The number of nitrogens with one attached hydrogen (secondary N) is 2. The Morgan fingerprint density at radius 2 is 2.17 bits per heavy atom. The second kappa shape index (κ2) is 4.92. The van der Waals surface area contributed by atoms with Gasteiger partial charge in [0.15, 0.2) is 0 Å². The van der Waals surface area contributed by atoms with Crippen LogP contribution in [-0.2, 0) is 6.54 Å².